The van der Waals surface area contributed by atoms with Crippen molar-refractivity contribution in [3.63, 3.8) is 0 Å². The molecule has 200 valence electrons. The zero-order valence-electron chi connectivity index (χ0n) is 22.1. The topological polar surface area (TPSA) is 90.0 Å². The molecule has 2 aromatic carbocycles. The number of likely N-dealkylation sites (tertiary alicyclic amines) is 1. The molecule has 5 rings (SSSR count). The van der Waals surface area contributed by atoms with Crippen molar-refractivity contribution < 1.29 is 19.5 Å². The Morgan fingerprint density at radius 3 is 2.05 bits per heavy atom. The van der Waals surface area contributed by atoms with Crippen molar-refractivity contribution in [3.8, 4) is 0 Å². The normalized spacial score (nSPS) is 17.6. The largest absolute Gasteiger partial charge is 0.395 e. The Hall–Kier alpha value is -2.87. The number of allylic oxidation sites excluding steroid dienone is 1. The van der Waals surface area contributed by atoms with E-state index in [2.05, 4.69) is 16.8 Å². The van der Waals surface area contributed by atoms with Crippen molar-refractivity contribution in [1.29, 1.82) is 0 Å². The number of benzene rings is 2. The van der Waals surface area contributed by atoms with Crippen LogP contribution in [0.5, 0.6) is 0 Å². The SMILES string of the molecule is C=C(C)C=O.O=C1c2cccc3cccc(c23)C(=O)N1CCN1CCCC1.OCCNC1CCCCC1. The number of aldehydes is 1. The average Bonchev–Trinajstić information content (AvgIpc) is 3.45. The molecule has 2 amide bonds. The van der Waals surface area contributed by atoms with Gasteiger partial charge in [0.05, 0.1) is 6.61 Å². The molecule has 1 saturated heterocycles. The second-order valence-corrected chi connectivity index (χ2v) is 10.00. The van der Waals surface area contributed by atoms with E-state index in [0.717, 1.165) is 43.2 Å². The Balaban J connectivity index is 0.000000211. The maximum atomic E-state index is 12.7. The van der Waals surface area contributed by atoms with Crippen molar-refractivity contribution in [2.75, 3.05) is 39.3 Å². The van der Waals surface area contributed by atoms with Gasteiger partial charge in [-0.1, -0.05) is 50.1 Å². The van der Waals surface area contributed by atoms with Crippen LogP contribution in [0.1, 0.15) is 72.6 Å². The van der Waals surface area contributed by atoms with E-state index in [1.807, 2.05) is 36.4 Å². The number of aliphatic hydroxyl groups excluding tert-OH is 1. The lowest BCUT2D eigenvalue weighted by Crippen LogP contribution is -2.44. The van der Waals surface area contributed by atoms with Crippen LogP contribution in [-0.4, -0.2) is 78.4 Å². The van der Waals surface area contributed by atoms with Gasteiger partial charge in [0.25, 0.3) is 11.8 Å². The minimum absolute atomic E-state index is 0.159. The summed E-state index contributed by atoms with van der Waals surface area (Å²) in [5.74, 6) is -0.318. The van der Waals surface area contributed by atoms with Gasteiger partial charge < -0.3 is 15.3 Å². The van der Waals surface area contributed by atoms with Crippen LogP contribution in [0.3, 0.4) is 0 Å². The van der Waals surface area contributed by atoms with Crippen LogP contribution in [-0.2, 0) is 4.79 Å². The molecule has 2 fully saturated rings. The van der Waals surface area contributed by atoms with E-state index in [4.69, 9.17) is 5.11 Å². The van der Waals surface area contributed by atoms with E-state index in [1.54, 1.807) is 6.92 Å². The molecule has 2 heterocycles. The number of carbonyl (C=O) groups excluding carboxylic acids is 3. The minimum atomic E-state index is -0.159. The molecule has 0 radical (unpaired) electrons. The summed E-state index contributed by atoms with van der Waals surface area (Å²) in [6, 6.07) is 12.0. The number of aliphatic hydroxyl groups is 1. The molecule has 7 nitrogen and oxygen atoms in total. The molecule has 2 N–H and O–H groups in total. The summed E-state index contributed by atoms with van der Waals surface area (Å²) in [6.45, 7) is 9.40. The molecule has 2 aliphatic heterocycles. The van der Waals surface area contributed by atoms with E-state index >= 15 is 0 Å². The molecule has 0 spiro atoms. The number of hydrogen-bond acceptors (Lipinski definition) is 6. The minimum Gasteiger partial charge on any atom is -0.395 e. The maximum absolute atomic E-state index is 12.7. The second-order valence-electron chi connectivity index (χ2n) is 10.00. The van der Waals surface area contributed by atoms with Crippen molar-refractivity contribution in [3.05, 3.63) is 59.7 Å². The number of imide groups is 1. The highest BCUT2D eigenvalue weighted by Gasteiger charge is 2.32. The molecule has 37 heavy (non-hydrogen) atoms. The summed E-state index contributed by atoms with van der Waals surface area (Å²) in [6.07, 6.45) is 9.89. The van der Waals surface area contributed by atoms with Gasteiger partial charge in [-0.2, -0.15) is 0 Å². The van der Waals surface area contributed by atoms with Gasteiger partial charge in [-0.3, -0.25) is 19.3 Å². The standard InChI is InChI=1S/C18H18N2O2.C8H17NO.C4H6O/c21-17-14-7-3-5-13-6-4-8-15(16(13)14)18(22)20(17)12-11-19-9-1-2-10-19;10-7-6-9-8-4-2-1-3-5-8;1-4(2)3-5/h3-8H,1-2,9-12H2;8-10H,1-7H2;3H,1H2,2H3. The first-order valence-corrected chi connectivity index (χ1v) is 13.5. The monoisotopic (exact) mass is 507 g/mol. The molecule has 0 bridgehead atoms. The summed E-state index contributed by atoms with van der Waals surface area (Å²) < 4.78 is 0. The fraction of sp³-hybridized carbons (Fsp3) is 0.500. The van der Waals surface area contributed by atoms with Gasteiger partial charge in [0.15, 0.2) is 0 Å². The third kappa shape index (κ3) is 8.06. The highest BCUT2D eigenvalue weighted by atomic mass is 16.3. The number of nitrogens with zero attached hydrogens (tertiary/aromatic N) is 2. The van der Waals surface area contributed by atoms with Crippen LogP contribution in [0.2, 0.25) is 0 Å². The highest BCUT2D eigenvalue weighted by molar-refractivity contribution is 6.25. The van der Waals surface area contributed by atoms with Crippen LogP contribution in [0, 0.1) is 0 Å². The average molecular weight is 508 g/mol. The summed E-state index contributed by atoms with van der Waals surface area (Å²) in [5.41, 5.74) is 1.87. The van der Waals surface area contributed by atoms with Crippen LogP contribution < -0.4 is 5.32 Å². The number of carbonyl (C=O) groups is 3. The Morgan fingerprint density at radius 2 is 1.54 bits per heavy atom. The predicted octanol–water partition coefficient (Wildman–Crippen LogP) is 4.19. The molecule has 2 aromatic rings. The Labute approximate surface area is 220 Å². The zero-order valence-corrected chi connectivity index (χ0v) is 22.1. The van der Waals surface area contributed by atoms with E-state index in [0.29, 0.717) is 29.3 Å². The maximum Gasteiger partial charge on any atom is 0.261 e. The summed E-state index contributed by atoms with van der Waals surface area (Å²) >= 11 is 0. The molecule has 0 aromatic heterocycles. The van der Waals surface area contributed by atoms with Gasteiger partial charge in [-0.25, -0.2) is 0 Å². The molecular formula is C30H41N3O4. The quantitative estimate of drug-likeness (QED) is 0.332. The first-order valence-electron chi connectivity index (χ1n) is 13.5. The number of rotatable bonds is 7. The first-order chi connectivity index (χ1) is 18.0. The van der Waals surface area contributed by atoms with Gasteiger partial charge in [-0.15, -0.1) is 0 Å². The van der Waals surface area contributed by atoms with Gasteiger partial charge in [0.2, 0.25) is 0 Å². The van der Waals surface area contributed by atoms with Crippen molar-refractivity contribution in [2.45, 2.75) is 57.9 Å². The van der Waals surface area contributed by atoms with Crippen molar-refractivity contribution in [2.24, 2.45) is 0 Å². The van der Waals surface area contributed by atoms with Crippen LogP contribution in [0.15, 0.2) is 48.6 Å². The number of amides is 2. The Bertz CT molecular complexity index is 1020. The van der Waals surface area contributed by atoms with Crippen LogP contribution in [0.4, 0.5) is 0 Å². The van der Waals surface area contributed by atoms with Crippen LogP contribution >= 0.6 is 0 Å². The van der Waals surface area contributed by atoms with Gasteiger partial charge in [0, 0.05) is 42.2 Å². The summed E-state index contributed by atoms with van der Waals surface area (Å²) in [4.78, 5) is 38.5. The number of nitrogens with one attached hydrogen (secondary N) is 1. The van der Waals surface area contributed by atoms with Gasteiger partial charge in [-0.05, 0) is 68.8 Å². The van der Waals surface area contributed by atoms with Gasteiger partial charge >= 0.3 is 0 Å². The lowest BCUT2D eigenvalue weighted by molar-refractivity contribution is -0.104. The van der Waals surface area contributed by atoms with E-state index in [-0.39, 0.29) is 18.4 Å². The zero-order chi connectivity index (χ0) is 26.6. The lowest BCUT2D eigenvalue weighted by atomic mass is 9.94. The highest BCUT2D eigenvalue weighted by Crippen LogP contribution is 2.29. The molecule has 7 heteroatoms. The first kappa shape index (κ1) is 28.7. The van der Waals surface area contributed by atoms with Crippen molar-refractivity contribution >= 4 is 28.9 Å². The fourth-order valence-corrected chi connectivity index (χ4v) is 5.11. The van der Waals surface area contributed by atoms with E-state index in [9.17, 15) is 14.4 Å². The number of hydrogen-bond donors (Lipinski definition) is 2. The summed E-state index contributed by atoms with van der Waals surface area (Å²) in [5, 5.41) is 13.6. The van der Waals surface area contributed by atoms with Crippen molar-refractivity contribution in [1.82, 2.24) is 15.1 Å². The molecule has 1 aliphatic carbocycles. The Morgan fingerprint density at radius 1 is 0.973 bits per heavy atom. The molecular weight excluding hydrogens is 466 g/mol. The molecule has 1 saturated carbocycles. The third-order valence-electron chi connectivity index (χ3n) is 7.05. The van der Waals surface area contributed by atoms with E-state index in [1.165, 1.54) is 49.8 Å². The smallest absolute Gasteiger partial charge is 0.261 e. The second kappa shape index (κ2) is 14.8. The third-order valence-corrected chi connectivity index (χ3v) is 7.05. The predicted molar refractivity (Wildman–Crippen MR) is 148 cm³/mol. The molecule has 0 unspecified atom stereocenters. The lowest BCUT2D eigenvalue weighted by Gasteiger charge is -2.28. The summed E-state index contributed by atoms with van der Waals surface area (Å²) in [7, 11) is 0. The Kier molecular flexibility index (Phi) is 11.5. The molecule has 3 aliphatic rings. The molecule has 0 atom stereocenters. The van der Waals surface area contributed by atoms with Gasteiger partial charge in [0.1, 0.15) is 6.29 Å². The van der Waals surface area contributed by atoms with E-state index < -0.39 is 0 Å². The fourth-order valence-electron chi connectivity index (χ4n) is 5.11. The van der Waals surface area contributed by atoms with Crippen LogP contribution in [0.25, 0.3) is 10.8 Å².